The summed E-state index contributed by atoms with van der Waals surface area (Å²) in [6.45, 7) is 3.64. The highest BCUT2D eigenvalue weighted by molar-refractivity contribution is 5.97. The highest BCUT2D eigenvalue weighted by Gasteiger charge is 2.31. The Balaban J connectivity index is 1.70. The molecule has 1 aliphatic rings. The van der Waals surface area contributed by atoms with Crippen LogP contribution in [0.25, 0.3) is 0 Å². The summed E-state index contributed by atoms with van der Waals surface area (Å²) in [7, 11) is 0. The van der Waals surface area contributed by atoms with E-state index in [1.807, 2.05) is 67.6 Å². The lowest BCUT2D eigenvalue weighted by molar-refractivity contribution is -0.130. The zero-order valence-electron chi connectivity index (χ0n) is 14.9. The summed E-state index contributed by atoms with van der Waals surface area (Å²) < 4.78 is 0. The molecule has 1 aliphatic heterocycles. The third-order valence-electron chi connectivity index (χ3n) is 4.89. The molecule has 0 aromatic heterocycles. The second kappa shape index (κ2) is 8.63. The second-order valence-electron chi connectivity index (χ2n) is 6.81. The van der Waals surface area contributed by atoms with Crippen molar-refractivity contribution in [1.82, 2.24) is 10.6 Å². The molecular weight excluding hydrogens is 326 g/mol. The minimum atomic E-state index is -0.611. The molecule has 2 amide bonds. The van der Waals surface area contributed by atoms with Crippen LogP contribution in [0.15, 0.2) is 60.7 Å². The predicted molar refractivity (Wildman–Crippen MR) is 103 cm³/mol. The van der Waals surface area contributed by atoms with E-state index in [-0.39, 0.29) is 17.7 Å². The fraction of sp³-hybridized carbons (Fsp3) is 0.333. The van der Waals surface area contributed by atoms with E-state index in [0.29, 0.717) is 12.3 Å². The van der Waals surface area contributed by atoms with Crippen molar-refractivity contribution in [3.05, 3.63) is 66.2 Å². The van der Waals surface area contributed by atoms with Crippen LogP contribution in [0, 0.1) is 11.8 Å². The van der Waals surface area contributed by atoms with Gasteiger partial charge in [-0.05, 0) is 36.7 Å². The van der Waals surface area contributed by atoms with Gasteiger partial charge in [-0.1, -0.05) is 55.5 Å². The monoisotopic (exact) mass is 351 g/mol. The van der Waals surface area contributed by atoms with E-state index in [2.05, 4.69) is 16.0 Å². The van der Waals surface area contributed by atoms with Crippen molar-refractivity contribution in [1.29, 1.82) is 0 Å². The van der Waals surface area contributed by atoms with Crippen molar-refractivity contribution in [2.45, 2.75) is 19.4 Å². The molecule has 1 heterocycles. The van der Waals surface area contributed by atoms with Crippen LogP contribution < -0.4 is 16.0 Å². The quantitative estimate of drug-likeness (QED) is 0.716. The first kappa shape index (κ1) is 18.1. The number of para-hydroxylation sites is 1. The van der Waals surface area contributed by atoms with E-state index in [1.54, 1.807) is 0 Å². The molecule has 1 saturated heterocycles. The molecule has 26 heavy (non-hydrogen) atoms. The van der Waals surface area contributed by atoms with Crippen LogP contribution in [0.3, 0.4) is 0 Å². The summed E-state index contributed by atoms with van der Waals surface area (Å²) in [4.78, 5) is 25.4. The number of carbonyl (C=O) groups is 2. The van der Waals surface area contributed by atoms with Gasteiger partial charge >= 0.3 is 0 Å². The summed E-state index contributed by atoms with van der Waals surface area (Å²) in [5.41, 5.74) is 1.74. The van der Waals surface area contributed by atoms with Crippen LogP contribution in [0.1, 0.15) is 12.5 Å². The number of anilines is 1. The number of hydrogen-bond donors (Lipinski definition) is 3. The van der Waals surface area contributed by atoms with Gasteiger partial charge in [0.1, 0.15) is 6.04 Å². The predicted octanol–water partition coefficient (Wildman–Crippen LogP) is 2.21. The molecule has 2 unspecified atom stereocenters. The van der Waals surface area contributed by atoms with Gasteiger partial charge in [0.2, 0.25) is 11.8 Å². The van der Waals surface area contributed by atoms with Crippen LogP contribution >= 0.6 is 0 Å². The van der Waals surface area contributed by atoms with Gasteiger partial charge in [-0.2, -0.15) is 0 Å². The lowest BCUT2D eigenvalue weighted by Gasteiger charge is -2.32. The zero-order valence-corrected chi connectivity index (χ0v) is 14.9. The number of hydrogen-bond acceptors (Lipinski definition) is 3. The van der Waals surface area contributed by atoms with E-state index in [9.17, 15) is 9.59 Å². The molecule has 0 aliphatic carbocycles. The van der Waals surface area contributed by atoms with Crippen LogP contribution in [-0.4, -0.2) is 30.9 Å². The SMILES string of the molecule is CC(C(=O)NC(Cc1ccccc1)C(=O)Nc1ccccc1)C1CNC1. The lowest BCUT2D eigenvalue weighted by atomic mass is 9.88. The molecular formula is C21H25N3O2. The molecule has 0 radical (unpaired) electrons. The van der Waals surface area contributed by atoms with Gasteiger partial charge in [-0.15, -0.1) is 0 Å². The Morgan fingerprint density at radius 2 is 1.62 bits per heavy atom. The maximum Gasteiger partial charge on any atom is 0.247 e. The maximum absolute atomic E-state index is 12.8. The molecule has 2 aromatic carbocycles. The molecule has 0 bridgehead atoms. The standard InChI is InChI=1S/C21H25N3O2/c1-15(17-13-22-14-17)20(25)24-19(12-16-8-4-2-5-9-16)21(26)23-18-10-6-3-7-11-18/h2-11,15,17,19,22H,12-14H2,1H3,(H,23,26)(H,24,25). The minimum Gasteiger partial charge on any atom is -0.344 e. The van der Waals surface area contributed by atoms with Gasteiger partial charge in [0.05, 0.1) is 0 Å². The zero-order chi connectivity index (χ0) is 18.4. The van der Waals surface area contributed by atoms with Crippen LogP contribution in [0.2, 0.25) is 0 Å². The van der Waals surface area contributed by atoms with Crippen molar-refractivity contribution < 1.29 is 9.59 Å². The van der Waals surface area contributed by atoms with Gasteiger partial charge in [0.15, 0.2) is 0 Å². The average Bonchev–Trinajstić information content (AvgIpc) is 2.61. The fourth-order valence-corrected chi connectivity index (χ4v) is 2.99. The average molecular weight is 351 g/mol. The third-order valence-corrected chi connectivity index (χ3v) is 4.89. The smallest absolute Gasteiger partial charge is 0.247 e. The number of rotatable bonds is 7. The Bertz CT molecular complexity index is 729. The van der Waals surface area contributed by atoms with Crippen molar-refractivity contribution in [2.75, 3.05) is 18.4 Å². The highest BCUT2D eigenvalue weighted by Crippen LogP contribution is 2.17. The van der Waals surface area contributed by atoms with Crippen molar-refractivity contribution in [3.63, 3.8) is 0 Å². The van der Waals surface area contributed by atoms with E-state index in [0.717, 1.165) is 24.3 Å². The van der Waals surface area contributed by atoms with Gasteiger partial charge < -0.3 is 16.0 Å². The van der Waals surface area contributed by atoms with Crippen molar-refractivity contribution in [3.8, 4) is 0 Å². The molecule has 0 spiro atoms. The Hall–Kier alpha value is -2.66. The normalized spacial score (nSPS) is 16.2. The first-order valence-corrected chi connectivity index (χ1v) is 9.04. The largest absolute Gasteiger partial charge is 0.344 e. The topological polar surface area (TPSA) is 70.2 Å². The van der Waals surface area contributed by atoms with E-state index >= 15 is 0 Å². The Morgan fingerprint density at radius 1 is 1.00 bits per heavy atom. The number of amides is 2. The number of benzene rings is 2. The van der Waals surface area contributed by atoms with E-state index in [1.165, 1.54) is 0 Å². The van der Waals surface area contributed by atoms with E-state index < -0.39 is 6.04 Å². The molecule has 136 valence electrons. The van der Waals surface area contributed by atoms with Crippen molar-refractivity contribution in [2.24, 2.45) is 11.8 Å². The Labute approximate surface area is 154 Å². The Morgan fingerprint density at radius 3 is 2.19 bits per heavy atom. The van der Waals surface area contributed by atoms with Gasteiger partial charge in [-0.3, -0.25) is 9.59 Å². The fourth-order valence-electron chi connectivity index (χ4n) is 2.99. The summed E-state index contributed by atoms with van der Waals surface area (Å²) >= 11 is 0. The molecule has 2 aromatic rings. The maximum atomic E-state index is 12.8. The second-order valence-corrected chi connectivity index (χ2v) is 6.81. The third kappa shape index (κ3) is 4.70. The molecule has 5 nitrogen and oxygen atoms in total. The first-order chi connectivity index (χ1) is 12.6. The van der Waals surface area contributed by atoms with Gasteiger partial charge in [0.25, 0.3) is 0 Å². The molecule has 1 fully saturated rings. The van der Waals surface area contributed by atoms with Gasteiger partial charge in [0, 0.05) is 18.0 Å². The van der Waals surface area contributed by atoms with Crippen LogP contribution in [-0.2, 0) is 16.0 Å². The van der Waals surface area contributed by atoms with Crippen LogP contribution in [0.5, 0.6) is 0 Å². The van der Waals surface area contributed by atoms with Crippen LogP contribution in [0.4, 0.5) is 5.69 Å². The number of carbonyl (C=O) groups excluding carboxylic acids is 2. The minimum absolute atomic E-state index is 0.0688. The summed E-state index contributed by atoms with van der Waals surface area (Å²) in [5, 5.41) is 9.04. The van der Waals surface area contributed by atoms with E-state index in [4.69, 9.17) is 0 Å². The molecule has 5 heteroatoms. The molecule has 3 rings (SSSR count). The summed E-state index contributed by atoms with van der Waals surface area (Å²) in [6, 6.07) is 18.4. The summed E-state index contributed by atoms with van der Waals surface area (Å²) in [6.07, 6.45) is 0.459. The van der Waals surface area contributed by atoms with Gasteiger partial charge in [-0.25, -0.2) is 0 Å². The van der Waals surface area contributed by atoms with Crippen molar-refractivity contribution >= 4 is 17.5 Å². The molecule has 2 atom stereocenters. The highest BCUT2D eigenvalue weighted by atomic mass is 16.2. The lowest BCUT2D eigenvalue weighted by Crippen LogP contribution is -2.53. The number of nitrogens with one attached hydrogen (secondary N) is 3. The molecule has 0 saturated carbocycles. The first-order valence-electron chi connectivity index (χ1n) is 9.04. The Kier molecular flexibility index (Phi) is 6.02. The summed E-state index contributed by atoms with van der Waals surface area (Å²) in [5.74, 6) is -0.0448. The molecule has 3 N–H and O–H groups in total.